The minimum atomic E-state index is 0.162. The van der Waals surface area contributed by atoms with Gasteiger partial charge in [0, 0.05) is 39.8 Å². The van der Waals surface area contributed by atoms with Crippen molar-refractivity contribution >= 4 is 11.9 Å². The summed E-state index contributed by atoms with van der Waals surface area (Å²) in [6.45, 7) is 10.7. The number of benzene rings is 1. The van der Waals surface area contributed by atoms with E-state index < -0.39 is 0 Å². The molecule has 1 heterocycles. The molecule has 0 bridgehead atoms. The first-order valence-corrected chi connectivity index (χ1v) is 11.1. The quantitative estimate of drug-likeness (QED) is 0.367. The van der Waals surface area contributed by atoms with Crippen molar-refractivity contribution in [2.24, 2.45) is 4.99 Å². The fourth-order valence-corrected chi connectivity index (χ4v) is 3.48. The zero-order chi connectivity index (χ0) is 21.9. The van der Waals surface area contributed by atoms with E-state index in [1.807, 2.05) is 12.1 Å². The van der Waals surface area contributed by atoms with Crippen molar-refractivity contribution < 1.29 is 9.53 Å². The number of likely N-dealkylation sites (tertiary alicyclic amines) is 1. The number of aliphatic imine (C=N–C) groups is 1. The van der Waals surface area contributed by atoms with Gasteiger partial charge in [-0.05, 0) is 37.3 Å². The Hall–Kier alpha value is -2.28. The topological polar surface area (TPSA) is 69.2 Å². The highest BCUT2D eigenvalue weighted by Gasteiger charge is 2.22. The van der Waals surface area contributed by atoms with Crippen LogP contribution in [0.2, 0.25) is 0 Å². The normalized spacial score (nSPS) is 15.9. The number of amides is 1. The zero-order valence-electron chi connectivity index (χ0n) is 19.3. The second-order valence-corrected chi connectivity index (χ2v) is 8.28. The van der Waals surface area contributed by atoms with Gasteiger partial charge in [-0.2, -0.15) is 0 Å². The number of hydrogen-bond donors (Lipinski definition) is 2. The third-order valence-electron chi connectivity index (χ3n) is 5.29. The SMILES string of the molecule is CCNC(=NCCOc1ccccc1C(C)C)NC1CCN(CC(=O)N(C)C)CC1. The fraction of sp³-hybridized carbons (Fsp3) is 0.652. The summed E-state index contributed by atoms with van der Waals surface area (Å²) in [5.74, 6) is 2.37. The lowest BCUT2D eigenvalue weighted by atomic mass is 10.0. The second-order valence-electron chi connectivity index (χ2n) is 8.28. The molecule has 7 heteroatoms. The molecule has 0 saturated carbocycles. The third kappa shape index (κ3) is 7.86. The number of carbonyl (C=O) groups is 1. The predicted molar refractivity (Wildman–Crippen MR) is 123 cm³/mol. The summed E-state index contributed by atoms with van der Waals surface area (Å²) in [7, 11) is 3.61. The first kappa shape index (κ1) is 24.0. The number of nitrogens with zero attached hydrogens (tertiary/aromatic N) is 3. The molecule has 2 N–H and O–H groups in total. The van der Waals surface area contributed by atoms with Crippen molar-refractivity contribution in [2.45, 2.75) is 45.6 Å². The Morgan fingerprint density at radius 1 is 1.27 bits per heavy atom. The number of carbonyl (C=O) groups excluding carboxylic acids is 1. The van der Waals surface area contributed by atoms with E-state index in [2.05, 4.69) is 53.4 Å². The summed E-state index contributed by atoms with van der Waals surface area (Å²) >= 11 is 0. The lowest BCUT2D eigenvalue weighted by Crippen LogP contribution is -2.50. The van der Waals surface area contributed by atoms with Gasteiger partial charge in [-0.25, -0.2) is 4.99 Å². The maximum atomic E-state index is 11.9. The summed E-state index contributed by atoms with van der Waals surface area (Å²) in [6.07, 6.45) is 2.01. The number of rotatable bonds is 9. The molecule has 0 aromatic heterocycles. The average Bonchev–Trinajstić information content (AvgIpc) is 2.72. The van der Waals surface area contributed by atoms with Crippen molar-refractivity contribution in [3.05, 3.63) is 29.8 Å². The summed E-state index contributed by atoms with van der Waals surface area (Å²) in [5, 5.41) is 6.87. The highest BCUT2D eigenvalue weighted by atomic mass is 16.5. The molecule has 0 aliphatic carbocycles. The summed E-state index contributed by atoms with van der Waals surface area (Å²) in [5.41, 5.74) is 1.23. The van der Waals surface area contributed by atoms with E-state index in [-0.39, 0.29) is 5.91 Å². The molecular weight excluding hydrogens is 378 g/mol. The van der Waals surface area contributed by atoms with Gasteiger partial charge in [-0.3, -0.25) is 9.69 Å². The molecule has 1 fully saturated rings. The van der Waals surface area contributed by atoms with Crippen LogP contribution in [0.1, 0.15) is 45.1 Å². The molecule has 0 unspecified atom stereocenters. The highest BCUT2D eigenvalue weighted by molar-refractivity contribution is 5.80. The Morgan fingerprint density at radius 3 is 2.60 bits per heavy atom. The first-order chi connectivity index (χ1) is 14.4. The standard InChI is InChI=1S/C23H39N5O2/c1-6-24-23(25-13-16-30-21-10-8-7-9-20(21)18(2)3)26-19-11-14-28(15-12-19)17-22(29)27(4)5/h7-10,18-19H,6,11-17H2,1-5H3,(H2,24,25,26). The van der Waals surface area contributed by atoms with E-state index in [9.17, 15) is 4.79 Å². The van der Waals surface area contributed by atoms with Crippen molar-refractivity contribution in [3.8, 4) is 5.75 Å². The lowest BCUT2D eigenvalue weighted by molar-refractivity contribution is -0.130. The molecule has 1 aromatic rings. The first-order valence-electron chi connectivity index (χ1n) is 11.1. The maximum absolute atomic E-state index is 11.9. The molecule has 7 nitrogen and oxygen atoms in total. The average molecular weight is 418 g/mol. The van der Waals surface area contributed by atoms with Crippen LogP contribution >= 0.6 is 0 Å². The smallest absolute Gasteiger partial charge is 0.236 e. The minimum Gasteiger partial charge on any atom is -0.491 e. The third-order valence-corrected chi connectivity index (χ3v) is 5.29. The Kier molecular flexibility index (Phi) is 9.94. The number of likely N-dealkylation sites (N-methyl/N-ethyl adjacent to an activating group) is 1. The number of para-hydroxylation sites is 1. The van der Waals surface area contributed by atoms with Crippen LogP contribution in [0.25, 0.3) is 0 Å². The van der Waals surface area contributed by atoms with Gasteiger partial charge in [0.2, 0.25) is 5.91 Å². The van der Waals surface area contributed by atoms with Crippen LogP contribution in [0.3, 0.4) is 0 Å². The van der Waals surface area contributed by atoms with Gasteiger partial charge in [0.25, 0.3) is 0 Å². The van der Waals surface area contributed by atoms with Crippen LogP contribution in [0.5, 0.6) is 5.75 Å². The minimum absolute atomic E-state index is 0.162. The molecule has 1 aromatic carbocycles. The molecule has 1 aliphatic heterocycles. The number of ether oxygens (including phenoxy) is 1. The fourth-order valence-electron chi connectivity index (χ4n) is 3.48. The van der Waals surface area contributed by atoms with Crippen molar-refractivity contribution in [1.82, 2.24) is 20.4 Å². The molecule has 1 saturated heterocycles. The summed E-state index contributed by atoms with van der Waals surface area (Å²) in [4.78, 5) is 20.5. The molecule has 1 amide bonds. The largest absolute Gasteiger partial charge is 0.491 e. The number of hydrogen-bond acceptors (Lipinski definition) is 4. The van der Waals surface area contributed by atoms with Gasteiger partial charge < -0.3 is 20.3 Å². The van der Waals surface area contributed by atoms with E-state index in [1.54, 1.807) is 19.0 Å². The number of nitrogens with one attached hydrogen (secondary N) is 2. The zero-order valence-corrected chi connectivity index (χ0v) is 19.3. The van der Waals surface area contributed by atoms with Crippen LogP contribution in [-0.4, -0.2) is 81.1 Å². The number of guanidine groups is 1. The van der Waals surface area contributed by atoms with Crippen LogP contribution in [-0.2, 0) is 4.79 Å². The van der Waals surface area contributed by atoms with Crippen LogP contribution < -0.4 is 15.4 Å². The Balaban J connectivity index is 1.79. The molecule has 0 radical (unpaired) electrons. The van der Waals surface area contributed by atoms with Crippen molar-refractivity contribution in [3.63, 3.8) is 0 Å². The van der Waals surface area contributed by atoms with Crippen molar-refractivity contribution in [2.75, 3.05) is 53.4 Å². The van der Waals surface area contributed by atoms with Gasteiger partial charge in [0.15, 0.2) is 5.96 Å². The van der Waals surface area contributed by atoms with Gasteiger partial charge >= 0.3 is 0 Å². The molecule has 168 valence electrons. The molecular formula is C23H39N5O2. The van der Waals surface area contributed by atoms with Crippen LogP contribution in [0.15, 0.2) is 29.3 Å². The van der Waals surface area contributed by atoms with E-state index in [0.29, 0.717) is 31.7 Å². The van der Waals surface area contributed by atoms with Gasteiger partial charge in [0.1, 0.15) is 12.4 Å². The molecule has 30 heavy (non-hydrogen) atoms. The predicted octanol–water partition coefficient (Wildman–Crippen LogP) is 2.30. The Morgan fingerprint density at radius 2 is 1.97 bits per heavy atom. The molecule has 0 atom stereocenters. The number of piperidine rings is 1. The van der Waals surface area contributed by atoms with Gasteiger partial charge in [-0.1, -0.05) is 32.0 Å². The van der Waals surface area contributed by atoms with Crippen LogP contribution in [0.4, 0.5) is 0 Å². The summed E-state index contributed by atoms with van der Waals surface area (Å²) in [6, 6.07) is 8.57. The molecule has 0 spiro atoms. The lowest BCUT2D eigenvalue weighted by Gasteiger charge is -2.33. The van der Waals surface area contributed by atoms with Crippen molar-refractivity contribution in [1.29, 1.82) is 0 Å². The maximum Gasteiger partial charge on any atom is 0.236 e. The highest BCUT2D eigenvalue weighted by Crippen LogP contribution is 2.25. The second kappa shape index (κ2) is 12.4. The molecule has 2 rings (SSSR count). The Labute approximate surface area is 181 Å². The van der Waals surface area contributed by atoms with Crippen LogP contribution in [0, 0.1) is 0 Å². The van der Waals surface area contributed by atoms with E-state index in [4.69, 9.17) is 4.74 Å². The van der Waals surface area contributed by atoms with Gasteiger partial charge in [-0.15, -0.1) is 0 Å². The van der Waals surface area contributed by atoms with E-state index in [1.165, 1.54) is 5.56 Å². The Bertz CT molecular complexity index is 682. The summed E-state index contributed by atoms with van der Waals surface area (Å²) < 4.78 is 5.98. The van der Waals surface area contributed by atoms with E-state index >= 15 is 0 Å². The van der Waals surface area contributed by atoms with Gasteiger partial charge in [0.05, 0.1) is 13.1 Å². The molecule has 1 aliphatic rings. The van der Waals surface area contributed by atoms with E-state index in [0.717, 1.165) is 44.2 Å². The monoisotopic (exact) mass is 417 g/mol.